The summed E-state index contributed by atoms with van der Waals surface area (Å²) in [5, 5.41) is 0. The maximum absolute atomic E-state index is 5.14. The fraction of sp³-hybridized carbons (Fsp3) is 0.538. The Labute approximate surface area is 107 Å². The Kier molecular flexibility index (Phi) is 8.53. The Hall–Kier alpha value is -0.380. The molecule has 3 heteroatoms. The van der Waals surface area contributed by atoms with E-state index in [-0.39, 0.29) is 5.60 Å². The molecular formula is C13H21BrO2. The highest BCUT2D eigenvalue weighted by atomic mass is 79.9. The monoisotopic (exact) mass is 288 g/mol. The molecule has 0 saturated heterocycles. The van der Waals surface area contributed by atoms with E-state index in [1.807, 2.05) is 51.1 Å². The zero-order chi connectivity index (χ0) is 12.4. The topological polar surface area (TPSA) is 18.5 Å². The molecule has 16 heavy (non-hydrogen) atoms. The van der Waals surface area contributed by atoms with Crippen LogP contribution in [0.1, 0.15) is 26.3 Å². The Morgan fingerprint density at radius 2 is 1.62 bits per heavy atom. The number of ether oxygens (including phenoxy) is 2. The lowest BCUT2D eigenvalue weighted by atomic mass is 10.2. The first-order chi connectivity index (χ1) is 7.49. The largest absolute Gasteiger partial charge is 0.379 e. The molecule has 0 spiro atoms. The summed E-state index contributed by atoms with van der Waals surface area (Å²) in [6, 6.07) is 10.1. The molecule has 0 heterocycles. The van der Waals surface area contributed by atoms with Crippen molar-refractivity contribution in [2.75, 3.05) is 12.6 Å². The minimum Gasteiger partial charge on any atom is -0.379 e. The van der Waals surface area contributed by atoms with Crippen molar-refractivity contribution >= 4 is 15.9 Å². The predicted molar refractivity (Wildman–Crippen MR) is 71.8 cm³/mol. The fourth-order valence-corrected chi connectivity index (χ4v) is 0.893. The van der Waals surface area contributed by atoms with Crippen LogP contribution in [0.4, 0.5) is 0 Å². The van der Waals surface area contributed by atoms with Crippen LogP contribution in [0, 0.1) is 0 Å². The zero-order valence-electron chi connectivity index (χ0n) is 10.5. The minimum atomic E-state index is 0.0417. The van der Waals surface area contributed by atoms with Crippen LogP contribution in [-0.2, 0) is 16.1 Å². The summed E-state index contributed by atoms with van der Waals surface area (Å²) in [5.41, 5.74) is 1.85. The van der Waals surface area contributed by atoms with Crippen molar-refractivity contribution in [1.82, 2.24) is 0 Å². The highest BCUT2D eigenvalue weighted by Gasteiger charge is 2.04. The summed E-state index contributed by atoms with van der Waals surface area (Å²) in [6.07, 6.45) is 0. The lowest BCUT2D eigenvalue weighted by Crippen LogP contribution is -2.15. The van der Waals surface area contributed by atoms with Crippen molar-refractivity contribution in [1.29, 1.82) is 0 Å². The van der Waals surface area contributed by atoms with Crippen molar-refractivity contribution in [2.45, 2.75) is 33.0 Å². The summed E-state index contributed by atoms with van der Waals surface area (Å²) in [6.45, 7) is 6.75. The van der Waals surface area contributed by atoms with Gasteiger partial charge in [0.15, 0.2) is 0 Å². The molecule has 0 aromatic heterocycles. The molecule has 0 aliphatic carbocycles. The molecule has 1 rings (SSSR count). The first kappa shape index (κ1) is 15.6. The molecule has 0 atom stereocenters. The van der Waals surface area contributed by atoms with Gasteiger partial charge in [-0.3, -0.25) is 0 Å². The van der Waals surface area contributed by atoms with Crippen molar-refractivity contribution in [2.24, 2.45) is 0 Å². The van der Waals surface area contributed by atoms with E-state index in [2.05, 4.69) is 15.9 Å². The normalized spacial score (nSPS) is 10.6. The van der Waals surface area contributed by atoms with Crippen LogP contribution in [0.5, 0.6) is 0 Å². The predicted octanol–water partition coefficient (Wildman–Crippen LogP) is 3.99. The molecule has 0 radical (unpaired) electrons. The summed E-state index contributed by atoms with van der Waals surface area (Å²) < 4.78 is 10.1. The molecule has 0 aliphatic heterocycles. The summed E-state index contributed by atoms with van der Waals surface area (Å²) >= 11 is 3.18. The lowest BCUT2D eigenvalue weighted by Gasteiger charge is -2.14. The van der Waals surface area contributed by atoms with Gasteiger partial charge in [0, 0.05) is 7.11 Å². The van der Waals surface area contributed by atoms with Gasteiger partial charge in [0.25, 0.3) is 0 Å². The van der Waals surface area contributed by atoms with Crippen molar-refractivity contribution < 1.29 is 9.47 Å². The molecular weight excluding hydrogens is 268 g/mol. The van der Waals surface area contributed by atoms with Gasteiger partial charge < -0.3 is 9.47 Å². The first-order valence-corrected chi connectivity index (χ1v) is 6.34. The molecule has 1 aromatic carbocycles. The molecule has 1 aromatic rings. The van der Waals surface area contributed by atoms with Gasteiger partial charge in [-0.2, -0.15) is 0 Å². The van der Waals surface area contributed by atoms with Crippen LogP contribution in [0.2, 0.25) is 0 Å². The average molecular weight is 289 g/mol. The summed E-state index contributed by atoms with van der Waals surface area (Å²) in [5.74, 6) is 0. The fourth-order valence-electron chi connectivity index (χ4n) is 0.731. The van der Waals surface area contributed by atoms with Crippen LogP contribution in [0.3, 0.4) is 0 Å². The van der Waals surface area contributed by atoms with E-state index in [9.17, 15) is 0 Å². The number of methoxy groups -OCH3 is 1. The van der Waals surface area contributed by atoms with E-state index < -0.39 is 0 Å². The molecule has 2 nitrogen and oxygen atoms in total. The SMILES string of the molecule is BrCOCc1ccccc1.COC(C)(C)C. The number of hydrogen-bond acceptors (Lipinski definition) is 2. The summed E-state index contributed by atoms with van der Waals surface area (Å²) in [7, 11) is 1.71. The molecule has 0 saturated carbocycles. The molecule has 0 amide bonds. The number of benzene rings is 1. The third-order valence-electron chi connectivity index (χ3n) is 1.80. The zero-order valence-corrected chi connectivity index (χ0v) is 12.1. The van der Waals surface area contributed by atoms with E-state index in [0.717, 1.165) is 0 Å². The maximum Gasteiger partial charge on any atom is 0.102 e. The van der Waals surface area contributed by atoms with E-state index in [1.165, 1.54) is 5.56 Å². The standard InChI is InChI=1S/C8H9BrO.C5H12O/c9-7-10-6-8-4-2-1-3-5-8;1-5(2,3)6-4/h1-5H,6-7H2;1-4H3. The second kappa shape index (κ2) is 8.74. The highest BCUT2D eigenvalue weighted by molar-refractivity contribution is 9.09. The van der Waals surface area contributed by atoms with Crippen LogP contribution >= 0.6 is 15.9 Å². The molecule has 0 N–H and O–H groups in total. The van der Waals surface area contributed by atoms with Gasteiger partial charge in [0.1, 0.15) is 5.52 Å². The number of halogens is 1. The van der Waals surface area contributed by atoms with Gasteiger partial charge in [-0.05, 0) is 26.3 Å². The Morgan fingerprint density at radius 1 is 1.12 bits per heavy atom. The van der Waals surface area contributed by atoms with Crippen molar-refractivity contribution in [3.8, 4) is 0 Å². The quantitative estimate of drug-likeness (QED) is 0.783. The molecule has 0 aliphatic rings. The molecule has 0 unspecified atom stereocenters. The van der Waals surface area contributed by atoms with E-state index in [0.29, 0.717) is 12.1 Å². The third-order valence-corrected chi connectivity index (χ3v) is 2.12. The van der Waals surface area contributed by atoms with Gasteiger partial charge in [0.2, 0.25) is 0 Å². The van der Waals surface area contributed by atoms with Crippen molar-refractivity contribution in [3.05, 3.63) is 35.9 Å². The summed E-state index contributed by atoms with van der Waals surface area (Å²) in [4.78, 5) is 0. The van der Waals surface area contributed by atoms with Crippen LogP contribution in [-0.4, -0.2) is 18.2 Å². The number of alkyl halides is 1. The third kappa shape index (κ3) is 10.1. The Balaban J connectivity index is 0.000000325. The maximum atomic E-state index is 5.14. The highest BCUT2D eigenvalue weighted by Crippen LogP contribution is 2.02. The number of rotatable bonds is 3. The Morgan fingerprint density at radius 3 is 2.00 bits per heavy atom. The van der Waals surface area contributed by atoms with E-state index in [4.69, 9.17) is 9.47 Å². The second-order valence-electron chi connectivity index (χ2n) is 4.26. The Bertz CT molecular complexity index is 254. The molecule has 0 fully saturated rings. The van der Waals surface area contributed by atoms with Crippen LogP contribution < -0.4 is 0 Å². The van der Waals surface area contributed by atoms with Gasteiger partial charge in [-0.25, -0.2) is 0 Å². The first-order valence-electron chi connectivity index (χ1n) is 5.22. The van der Waals surface area contributed by atoms with E-state index in [1.54, 1.807) is 7.11 Å². The van der Waals surface area contributed by atoms with Gasteiger partial charge >= 0.3 is 0 Å². The van der Waals surface area contributed by atoms with E-state index >= 15 is 0 Å². The second-order valence-corrected chi connectivity index (χ2v) is 4.72. The van der Waals surface area contributed by atoms with Crippen molar-refractivity contribution in [3.63, 3.8) is 0 Å². The average Bonchev–Trinajstić information content (AvgIpc) is 2.28. The van der Waals surface area contributed by atoms with Crippen LogP contribution in [0.25, 0.3) is 0 Å². The number of hydrogen-bond donors (Lipinski definition) is 0. The lowest BCUT2D eigenvalue weighted by molar-refractivity contribution is 0.0397. The molecule has 0 bridgehead atoms. The van der Waals surface area contributed by atoms with Gasteiger partial charge in [-0.1, -0.05) is 46.3 Å². The van der Waals surface area contributed by atoms with Gasteiger partial charge in [-0.15, -0.1) is 0 Å². The van der Waals surface area contributed by atoms with Gasteiger partial charge in [0.05, 0.1) is 12.2 Å². The molecule has 92 valence electrons. The minimum absolute atomic E-state index is 0.0417. The van der Waals surface area contributed by atoms with Crippen LogP contribution in [0.15, 0.2) is 30.3 Å². The smallest absolute Gasteiger partial charge is 0.102 e.